The summed E-state index contributed by atoms with van der Waals surface area (Å²) in [6.07, 6.45) is 4.17. The maximum atomic E-state index is 11.0. The molecule has 0 aromatic heterocycles. The van der Waals surface area contributed by atoms with E-state index >= 15 is 0 Å². The van der Waals surface area contributed by atoms with Crippen molar-refractivity contribution < 1.29 is 9.90 Å². The lowest BCUT2D eigenvalue weighted by Crippen LogP contribution is -2.52. The van der Waals surface area contributed by atoms with Gasteiger partial charge in [-0.2, -0.15) is 11.8 Å². The van der Waals surface area contributed by atoms with Crippen molar-refractivity contribution in [2.24, 2.45) is 11.8 Å². The molecular formula is C14H25NO2S. The van der Waals surface area contributed by atoms with Crippen LogP contribution in [0.4, 0.5) is 0 Å². The highest BCUT2D eigenvalue weighted by molar-refractivity contribution is 7.99. The fraction of sp³-hybridized carbons (Fsp3) is 0.929. The molecular weight excluding hydrogens is 246 g/mol. The van der Waals surface area contributed by atoms with Crippen LogP contribution in [-0.4, -0.2) is 46.1 Å². The van der Waals surface area contributed by atoms with Gasteiger partial charge in [0.25, 0.3) is 0 Å². The number of hydrogen-bond donors (Lipinski definition) is 1. The highest BCUT2D eigenvalue weighted by Crippen LogP contribution is 2.35. The van der Waals surface area contributed by atoms with Gasteiger partial charge in [-0.3, -0.25) is 9.69 Å². The van der Waals surface area contributed by atoms with Gasteiger partial charge in [-0.15, -0.1) is 0 Å². The van der Waals surface area contributed by atoms with Crippen LogP contribution in [0.25, 0.3) is 0 Å². The average Bonchev–Trinajstić information content (AvgIpc) is 2.30. The molecule has 4 unspecified atom stereocenters. The molecule has 0 aromatic rings. The standard InChI is InChI=1S/C14H25NO2S/c1-10-3-4-13(11(2)7-10)15-5-6-18-9-12(15)8-14(16)17/h10-13H,3-9H2,1-2H3,(H,16,17). The van der Waals surface area contributed by atoms with Crippen LogP contribution in [0.1, 0.15) is 39.5 Å². The van der Waals surface area contributed by atoms with Crippen molar-refractivity contribution in [1.29, 1.82) is 0 Å². The third-order valence-corrected chi connectivity index (χ3v) is 5.59. The van der Waals surface area contributed by atoms with Crippen molar-refractivity contribution in [3.63, 3.8) is 0 Å². The van der Waals surface area contributed by atoms with E-state index < -0.39 is 5.97 Å². The first-order valence-corrected chi connectivity index (χ1v) is 8.28. The van der Waals surface area contributed by atoms with Gasteiger partial charge in [0, 0.05) is 30.1 Å². The summed E-state index contributed by atoms with van der Waals surface area (Å²) in [6.45, 7) is 5.76. The van der Waals surface area contributed by atoms with E-state index in [1.165, 1.54) is 19.3 Å². The first-order valence-electron chi connectivity index (χ1n) is 7.13. The summed E-state index contributed by atoms with van der Waals surface area (Å²) in [5.74, 6) is 3.06. The van der Waals surface area contributed by atoms with Crippen molar-refractivity contribution in [2.75, 3.05) is 18.1 Å². The van der Waals surface area contributed by atoms with Crippen LogP contribution in [0.15, 0.2) is 0 Å². The van der Waals surface area contributed by atoms with E-state index in [-0.39, 0.29) is 6.04 Å². The smallest absolute Gasteiger partial charge is 0.304 e. The lowest BCUT2D eigenvalue weighted by atomic mass is 9.78. The van der Waals surface area contributed by atoms with E-state index in [1.807, 2.05) is 11.8 Å². The van der Waals surface area contributed by atoms with Crippen LogP contribution in [0, 0.1) is 11.8 Å². The molecule has 0 radical (unpaired) electrons. The third-order valence-electron chi connectivity index (χ3n) is 4.50. The quantitative estimate of drug-likeness (QED) is 0.857. The Morgan fingerprint density at radius 3 is 2.83 bits per heavy atom. The minimum atomic E-state index is -0.649. The molecule has 104 valence electrons. The Morgan fingerprint density at radius 1 is 1.39 bits per heavy atom. The number of thioether (sulfide) groups is 1. The SMILES string of the molecule is CC1CCC(N2CCSCC2CC(=O)O)C(C)C1. The second-order valence-electron chi connectivity index (χ2n) is 6.03. The Hall–Kier alpha value is -0.220. The van der Waals surface area contributed by atoms with E-state index in [1.54, 1.807) is 0 Å². The second kappa shape index (κ2) is 6.29. The highest BCUT2D eigenvalue weighted by atomic mass is 32.2. The van der Waals surface area contributed by atoms with Gasteiger partial charge in [-0.05, 0) is 31.1 Å². The van der Waals surface area contributed by atoms with E-state index in [4.69, 9.17) is 5.11 Å². The minimum Gasteiger partial charge on any atom is -0.481 e. The lowest BCUT2D eigenvalue weighted by Gasteiger charge is -2.46. The van der Waals surface area contributed by atoms with Gasteiger partial charge in [-0.1, -0.05) is 13.8 Å². The molecule has 4 atom stereocenters. The van der Waals surface area contributed by atoms with Crippen molar-refractivity contribution in [2.45, 2.75) is 51.6 Å². The summed E-state index contributed by atoms with van der Waals surface area (Å²) in [5, 5.41) is 9.05. The van der Waals surface area contributed by atoms with Gasteiger partial charge >= 0.3 is 5.97 Å². The van der Waals surface area contributed by atoms with Gasteiger partial charge in [0.2, 0.25) is 0 Å². The first-order chi connectivity index (χ1) is 8.58. The molecule has 1 saturated carbocycles. The molecule has 1 aliphatic heterocycles. The normalized spacial score (nSPS) is 38.6. The first kappa shape index (κ1) is 14.2. The second-order valence-corrected chi connectivity index (χ2v) is 7.18. The van der Waals surface area contributed by atoms with Gasteiger partial charge in [0.05, 0.1) is 6.42 Å². The number of rotatable bonds is 3. The van der Waals surface area contributed by atoms with Gasteiger partial charge in [0.15, 0.2) is 0 Å². The minimum absolute atomic E-state index is 0.252. The monoisotopic (exact) mass is 271 g/mol. The molecule has 1 N–H and O–H groups in total. The molecule has 18 heavy (non-hydrogen) atoms. The Kier molecular flexibility index (Phi) is 4.96. The molecule has 2 rings (SSSR count). The van der Waals surface area contributed by atoms with Gasteiger partial charge in [-0.25, -0.2) is 0 Å². The number of carbonyl (C=O) groups is 1. The van der Waals surface area contributed by atoms with Crippen LogP contribution in [-0.2, 0) is 4.79 Å². The summed E-state index contributed by atoms with van der Waals surface area (Å²) in [4.78, 5) is 13.5. The van der Waals surface area contributed by atoms with Crippen LogP contribution in [0.2, 0.25) is 0 Å². The molecule has 2 fully saturated rings. The maximum Gasteiger partial charge on any atom is 0.304 e. The summed E-state index contributed by atoms with van der Waals surface area (Å²) < 4.78 is 0. The number of aliphatic carboxylic acids is 1. The molecule has 1 saturated heterocycles. The zero-order chi connectivity index (χ0) is 13.1. The average molecular weight is 271 g/mol. The van der Waals surface area contributed by atoms with E-state index in [0.717, 1.165) is 24.0 Å². The van der Waals surface area contributed by atoms with Crippen molar-refractivity contribution in [1.82, 2.24) is 4.90 Å². The summed E-state index contributed by atoms with van der Waals surface area (Å²) >= 11 is 1.91. The van der Waals surface area contributed by atoms with Crippen LogP contribution < -0.4 is 0 Å². The van der Waals surface area contributed by atoms with Crippen LogP contribution >= 0.6 is 11.8 Å². The molecule has 2 aliphatic rings. The molecule has 3 nitrogen and oxygen atoms in total. The van der Waals surface area contributed by atoms with Crippen LogP contribution in [0.5, 0.6) is 0 Å². The van der Waals surface area contributed by atoms with Crippen LogP contribution in [0.3, 0.4) is 0 Å². The molecule has 0 amide bonds. The van der Waals surface area contributed by atoms with Crippen molar-refractivity contribution in [3.05, 3.63) is 0 Å². The number of nitrogens with zero attached hydrogens (tertiary/aromatic N) is 1. The van der Waals surface area contributed by atoms with E-state index in [2.05, 4.69) is 18.7 Å². The Bertz CT molecular complexity index is 298. The molecule has 1 aliphatic carbocycles. The Balaban J connectivity index is 2.01. The Morgan fingerprint density at radius 2 is 2.17 bits per heavy atom. The Labute approximate surface area is 114 Å². The van der Waals surface area contributed by atoms with Crippen molar-refractivity contribution >= 4 is 17.7 Å². The predicted molar refractivity (Wildman–Crippen MR) is 76.0 cm³/mol. The number of carboxylic acid groups (broad SMARTS) is 1. The van der Waals surface area contributed by atoms with Gasteiger partial charge < -0.3 is 5.11 Å². The van der Waals surface area contributed by atoms with Crippen molar-refractivity contribution in [3.8, 4) is 0 Å². The van der Waals surface area contributed by atoms with Gasteiger partial charge in [0.1, 0.15) is 0 Å². The predicted octanol–water partition coefficient (Wildman–Crippen LogP) is 2.70. The lowest BCUT2D eigenvalue weighted by molar-refractivity contribution is -0.138. The van der Waals surface area contributed by atoms with E-state index in [0.29, 0.717) is 18.4 Å². The topological polar surface area (TPSA) is 40.5 Å². The molecule has 4 heteroatoms. The fourth-order valence-electron chi connectivity index (χ4n) is 3.62. The molecule has 0 aromatic carbocycles. The molecule has 1 heterocycles. The summed E-state index contributed by atoms with van der Waals surface area (Å²) in [7, 11) is 0. The maximum absolute atomic E-state index is 11.0. The number of carboxylic acids is 1. The fourth-order valence-corrected chi connectivity index (χ4v) is 4.71. The zero-order valence-corrected chi connectivity index (χ0v) is 12.3. The molecule has 0 bridgehead atoms. The summed E-state index contributed by atoms with van der Waals surface area (Å²) in [6, 6.07) is 0.869. The largest absolute Gasteiger partial charge is 0.481 e. The van der Waals surface area contributed by atoms with E-state index in [9.17, 15) is 4.79 Å². The summed E-state index contributed by atoms with van der Waals surface area (Å²) in [5.41, 5.74) is 0. The third kappa shape index (κ3) is 3.41. The zero-order valence-electron chi connectivity index (χ0n) is 11.5. The molecule has 0 spiro atoms. The highest BCUT2D eigenvalue weighted by Gasteiger charge is 2.35. The number of hydrogen-bond acceptors (Lipinski definition) is 3.